The molecule has 1 atom stereocenters. The number of carboxylic acid groups (broad SMARTS) is 1. The Morgan fingerprint density at radius 1 is 1.10 bits per heavy atom. The van der Waals surface area contributed by atoms with E-state index in [2.05, 4.69) is 15.0 Å². The maximum Gasteiger partial charge on any atom is 0.418 e. The fourth-order valence-electron chi connectivity index (χ4n) is 5.52. The number of piperidine rings is 1. The molecule has 0 amide bonds. The van der Waals surface area contributed by atoms with Gasteiger partial charge in [0.05, 0.1) is 11.5 Å². The molecule has 2 fully saturated rings. The van der Waals surface area contributed by atoms with Gasteiger partial charge in [0.25, 0.3) is 5.89 Å². The number of halogens is 4. The molecule has 0 saturated carbocycles. The van der Waals surface area contributed by atoms with Crippen molar-refractivity contribution in [3.05, 3.63) is 53.6 Å². The average molecular weight is 547 g/mol. The Kier molecular flexibility index (Phi) is 7.13. The van der Waals surface area contributed by atoms with E-state index >= 15 is 0 Å². The molecule has 0 aliphatic carbocycles. The van der Waals surface area contributed by atoms with Crippen LogP contribution in [0.3, 0.4) is 0 Å². The van der Waals surface area contributed by atoms with E-state index in [0.717, 1.165) is 11.6 Å². The standard InChI is InChI=1S/C28H30F4N4O3/c1-27(2)16-35(15-22(27)26(37)38)14-17-3-5-18(6-4-17)25-33-24(34-39-25)19-7-8-23(21(13-19)28(30,31)32)36-11-9-20(29)10-12-36/h3-8,13,20,22H,9-12,14-16H2,1-2H3,(H,37,38). The number of carboxylic acids is 1. The highest BCUT2D eigenvalue weighted by Gasteiger charge is 2.43. The van der Waals surface area contributed by atoms with Crippen LogP contribution in [-0.4, -0.2) is 58.5 Å². The molecule has 1 aromatic heterocycles. The van der Waals surface area contributed by atoms with Gasteiger partial charge in [-0.05, 0) is 54.2 Å². The van der Waals surface area contributed by atoms with Crippen molar-refractivity contribution < 1.29 is 32.0 Å². The first kappa shape index (κ1) is 27.1. The Balaban J connectivity index is 1.31. The Morgan fingerprint density at radius 3 is 2.38 bits per heavy atom. The minimum absolute atomic E-state index is 0.0218. The van der Waals surface area contributed by atoms with E-state index in [4.69, 9.17) is 4.52 Å². The highest BCUT2D eigenvalue weighted by Crippen LogP contribution is 2.40. The van der Waals surface area contributed by atoms with Gasteiger partial charge in [-0.3, -0.25) is 9.69 Å². The molecule has 2 aliphatic rings. The van der Waals surface area contributed by atoms with Gasteiger partial charge in [0, 0.05) is 49.5 Å². The number of hydrogen-bond acceptors (Lipinski definition) is 6. The summed E-state index contributed by atoms with van der Waals surface area (Å²) in [5.74, 6) is -1.01. The molecule has 1 unspecified atom stereocenters. The maximum absolute atomic E-state index is 13.9. The molecule has 11 heteroatoms. The van der Waals surface area contributed by atoms with Crippen LogP contribution in [0.5, 0.6) is 0 Å². The first-order valence-electron chi connectivity index (χ1n) is 12.9. The van der Waals surface area contributed by atoms with Crippen LogP contribution in [0.1, 0.15) is 37.8 Å². The fourth-order valence-corrected chi connectivity index (χ4v) is 5.52. The number of hydrogen-bond donors (Lipinski definition) is 1. The number of anilines is 1. The van der Waals surface area contributed by atoms with E-state index in [9.17, 15) is 27.5 Å². The molecule has 39 heavy (non-hydrogen) atoms. The number of aromatic nitrogens is 2. The van der Waals surface area contributed by atoms with E-state index in [1.165, 1.54) is 12.1 Å². The minimum atomic E-state index is -4.60. The van der Waals surface area contributed by atoms with Crippen LogP contribution in [0.4, 0.5) is 23.2 Å². The maximum atomic E-state index is 13.9. The summed E-state index contributed by atoms with van der Waals surface area (Å²) in [6.45, 7) is 6.11. The van der Waals surface area contributed by atoms with Gasteiger partial charge < -0.3 is 14.5 Å². The van der Waals surface area contributed by atoms with Crippen LogP contribution < -0.4 is 4.90 Å². The molecule has 208 valence electrons. The number of carbonyl (C=O) groups is 1. The highest BCUT2D eigenvalue weighted by molar-refractivity contribution is 5.72. The second kappa shape index (κ2) is 10.3. The number of aliphatic carboxylic acids is 1. The summed E-state index contributed by atoms with van der Waals surface area (Å²) < 4.78 is 60.7. The quantitative estimate of drug-likeness (QED) is 0.385. The topological polar surface area (TPSA) is 82.7 Å². The van der Waals surface area contributed by atoms with Crippen molar-refractivity contribution in [2.45, 2.75) is 45.6 Å². The Morgan fingerprint density at radius 2 is 1.77 bits per heavy atom. The van der Waals surface area contributed by atoms with Gasteiger partial charge in [-0.1, -0.05) is 31.1 Å². The minimum Gasteiger partial charge on any atom is -0.481 e. The third-order valence-corrected chi connectivity index (χ3v) is 7.67. The molecule has 5 rings (SSSR count). The largest absolute Gasteiger partial charge is 0.481 e. The normalized spacial score (nSPS) is 20.5. The van der Waals surface area contributed by atoms with Crippen molar-refractivity contribution in [3.63, 3.8) is 0 Å². The SMILES string of the molecule is CC1(C)CN(Cc2ccc(-c3nc(-c4ccc(N5CCC(F)CC5)c(C(F)(F)F)c4)no3)cc2)CC1C(=O)O. The Bertz CT molecular complexity index is 1330. The van der Waals surface area contributed by atoms with E-state index < -0.39 is 29.8 Å². The summed E-state index contributed by atoms with van der Waals surface area (Å²) in [6, 6.07) is 11.3. The van der Waals surface area contributed by atoms with Crippen LogP contribution in [0.2, 0.25) is 0 Å². The lowest BCUT2D eigenvalue weighted by molar-refractivity contribution is -0.144. The zero-order chi connectivity index (χ0) is 27.9. The first-order valence-corrected chi connectivity index (χ1v) is 12.9. The van der Waals surface area contributed by atoms with Crippen LogP contribution in [-0.2, 0) is 17.5 Å². The molecule has 3 heterocycles. The zero-order valence-electron chi connectivity index (χ0n) is 21.7. The lowest BCUT2D eigenvalue weighted by atomic mass is 9.82. The molecule has 3 aromatic rings. The van der Waals surface area contributed by atoms with Crippen molar-refractivity contribution >= 4 is 11.7 Å². The summed E-state index contributed by atoms with van der Waals surface area (Å²) in [7, 11) is 0. The van der Waals surface area contributed by atoms with Crippen molar-refractivity contribution in [3.8, 4) is 22.8 Å². The summed E-state index contributed by atoms with van der Waals surface area (Å²) in [5, 5.41) is 13.4. The van der Waals surface area contributed by atoms with E-state index in [-0.39, 0.29) is 54.3 Å². The molecule has 7 nitrogen and oxygen atoms in total. The molecule has 1 N–H and O–H groups in total. The third kappa shape index (κ3) is 5.78. The van der Waals surface area contributed by atoms with Crippen molar-refractivity contribution in [1.82, 2.24) is 15.0 Å². The zero-order valence-corrected chi connectivity index (χ0v) is 21.7. The smallest absolute Gasteiger partial charge is 0.418 e. The number of rotatable bonds is 6. The second-order valence-electron chi connectivity index (χ2n) is 11.1. The molecule has 2 aliphatic heterocycles. The molecule has 0 spiro atoms. The van der Waals surface area contributed by atoms with Crippen LogP contribution >= 0.6 is 0 Å². The summed E-state index contributed by atoms with van der Waals surface area (Å²) in [6.07, 6.45) is -5.19. The van der Waals surface area contributed by atoms with E-state index in [1.54, 1.807) is 17.0 Å². The van der Waals surface area contributed by atoms with E-state index in [1.807, 2.05) is 26.0 Å². The van der Waals surface area contributed by atoms with Crippen LogP contribution in [0, 0.1) is 11.3 Å². The molecule has 0 bridgehead atoms. The van der Waals surface area contributed by atoms with Gasteiger partial charge in [0.1, 0.15) is 6.17 Å². The summed E-state index contributed by atoms with van der Waals surface area (Å²) >= 11 is 0. The number of nitrogens with zero attached hydrogens (tertiary/aromatic N) is 4. The Hall–Kier alpha value is -3.47. The molecule has 2 aromatic carbocycles. The van der Waals surface area contributed by atoms with Crippen molar-refractivity contribution in [2.75, 3.05) is 31.1 Å². The highest BCUT2D eigenvalue weighted by atomic mass is 19.4. The monoisotopic (exact) mass is 546 g/mol. The molecular formula is C28H30F4N4O3. The third-order valence-electron chi connectivity index (χ3n) is 7.67. The fraction of sp³-hybridized carbons (Fsp3) is 0.464. The molecular weight excluding hydrogens is 516 g/mol. The van der Waals surface area contributed by atoms with Gasteiger partial charge >= 0.3 is 12.1 Å². The van der Waals surface area contributed by atoms with Gasteiger partial charge in [0.15, 0.2) is 0 Å². The first-order chi connectivity index (χ1) is 18.4. The van der Waals surface area contributed by atoms with Gasteiger partial charge in [0.2, 0.25) is 5.82 Å². The lowest BCUT2D eigenvalue weighted by Gasteiger charge is -2.32. The summed E-state index contributed by atoms with van der Waals surface area (Å²) in [4.78, 5) is 19.6. The van der Waals surface area contributed by atoms with Crippen molar-refractivity contribution in [1.29, 1.82) is 0 Å². The number of benzene rings is 2. The van der Waals surface area contributed by atoms with E-state index in [0.29, 0.717) is 25.2 Å². The van der Waals surface area contributed by atoms with Gasteiger partial charge in [-0.25, -0.2) is 4.39 Å². The summed E-state index contributed by atoms with van der Waals surface area (Å²) in [5.41, 5.74) is 0.660. The predicted octanol–water partition coefficient (Wildman–Crippen LogP) is 5.90. The van der Waals surface area contributed by atoms with Gasteiger partial charge in [-0.15, -0.1) is 0 Å². The molecule has 0 radical (unpaired) electrons. The number of alkyl halides is 4. The Labute approximate surface area is 223 Å². The molecule has 2 saturated heterocycles. The van der Waals surface area contributed by atoms with Gasteiger partial charge in [-0.2, -0.15) is 18.2 Å². The van der Waals surface area contributed by atoms with Crippen LogP contribution in [0.25, 0.3) is 22.8 Å². The van der Waals surface area contributed by atoms with Crippen LogP contribution in [0.15, 0.2) is 47.0 Å². The van der Waals surface area contributed by atoms with Crippen molar-refractivity contribution in [2.24, 2.45) is 11.3 Å². The average Bonchev–Trinajstić information content (AvgIpc) is 3.48. The number of likely N-dealkylation sites (tertiary alicyclic amines) is 1. The lowest BCUT2D eigenvalue weighted by Crippen LogP contribution is -2.35. The predicted molar refractivity (Wildman–Crippen MR) is 137 cm³/mol. The second-order valence-corrected chi connectivity index (χ2v) is 11.1.